The Balaban J connectivity index is 1.52. The molecule has 166 valence electrons. The van der Waals surface area contributed by atoms with Crippen molar-refractivity contribution in [2.24, 2.45) is 0 Å². The van der Waals surface area contributed by atoms with Crippen LogP contribution in [0.4, 0.5) is 0 Å². The average Bonchev–Trinajstić information content (AvgIpc) is 2.77. The Morgan fingerprint density at radius 3 is 2.50 bits per heavy atom. The van der Waals surface area contributed by atoms with Gasteiger partial charge in [0.2, 0.25) is 5.91 Å². The van der Waals surface area contributed by atoms with E-state index in [0.29, 0.717) is 17.7 Å². The molecule has 0 heterocycles. The zero-order chi connectivity index (χ0) is 22.3. The smallest absolute Gasteiger partial charge is 0.264 e. The Hall–Kier alpha value is -2.86. The minimum atomic E-state index is -4.01. The first kappa shape index (κ1) is 21.0. The molecule has 5 rings (SSSR count). The van der Waals surface area contributed by atoms with Crippen LogP contribution in [-0.2, 0) is 21.2 Å². The van der Waals surface area contributed by atoms with Gasteiger partial charge >= 0.3 is 0 Å². The summed E-state index contributed by atoms with van der Waals surface area (Å²) in [5.41, 5.74) is 3.24. The van der Waals surface area contributed by atoms with Crippen LogP contribution in [0, 0.1) is 0 Å². The molecule has 1 saturated carbocycles. The van der Waals surface area contributed by atoms with E-state index in [1.807, 2.05) is 24.3 Å². The van der Waals surface area contributed by atoms with Crippen molar-refractivity contribution in [3.8, 4) is 5.75 Å². The number of hydrogen-bond donors (Lipinski definition) is 1. The van der Waals surface area contributed by atoms with E-state index in [0.717, 1.165) is 47.9 Å². The lowest BCUT2D eigenvalue weighted by atomic mass is 9.71. The van der Waals surface area contributed by atoms with Gasteiger partial charge < -0.3 is 4.74 Å². The zero-order valence-corrected chi connectivity index (χ0v) is 19.0. The number of amides is 1. The summed E-state index contributed by atoms with van der Waals surface area (Å²) in [6.45, 7) is 0. The Labute approximate surface area is 188 Å². The summed E-state index contributed by atoms with van der Waals surface area (Å²) in [7, 11) is -2.36. The predicted molar refractivity (Wildman–Crippen MR) is 125 cm³/mol. The van der Waals surface area contributed by atoms with Crippen molar-refractivity contribution in [3.63, 3.8) is 0 Å². The summed E-state index contributed by atoms with van der Waals surface area (Å²) in [5.74, 6) is 0.289. The van der Waals surface area contributed by atoms with Gasteiger partial charge in [-0.1, -0.05) is 48.9 Å². The van der Waals surface area contributed by atoms with Gasteiger partial charge in [-0.25, -0.2) is 13.1 Å². The molecule has 1 unspecified atom stereocenters. The number of fused-ring (bicyclic) bond motifs is 2. The molecule has 3 aromatic rings. The molecular formula is C26H27NO4S. The zero-order valence-electron chi connectivity index (χ0n) is 18.1. The first-order chi connectivity index (χ1) is 15.5. The first-order valence-corrected chi connectivity index (χ1v) is 12.7. The highest BCUT2D eigenvalue weighted by Gasteiger charge is 2.36. The lowest BCUT2D eigenvalue weighted by Gasteiger charge is -2.34. The Kier molecular flexibility index (Phi) is 5.41. The first-order valence-electron chi connectivity index (χ1n) is 11.2. The number of benzene rings is 3. The van der Waals surface area contributed by atoms with Crippen molar-refractivity contribution in [1.29, 1.82) is 0 Å². The van der Waals surface area contributed by atoms with Gasteiger partial charge in [0.1, 0.15) is 5.75 Å². The fourth-order valence-electron chi connectivity index (χ4n) is 5.18. The van der Waals surface area contributed by atoms with E-state index >= 15 is 0 Å². The molecule has 0 saturated heterocycles. The van der Waals surface area contributed by atoms with Crippen molar-refractivity contribution in [2.75, 3.05) is 7.11 Å². The molecular weight excluding hydrogens is 422 g/mol. The number of hydrogen-bond acceptors (Lipinski definition) is 4. The van der Waals surface area contributed by atoms with E-state index in [1.54, 1.807) is 31.4 Å². The Bertz CT molecular complexity index is 1290. The normalized spacial score (nSPS) is 18.6. The molecule has 5 nitrogen and oxygen atoms in total. The second-order valence-corrected chi connectivity index (χ2v) is 10.4. The quantitative estimate of drug-likeness (QED) is 0.592. The number of sulfonamides is 1. The number of ether oxygens (including phenoxy) is 1. The SMILES string of the molecule is COc1ccc(C2CCC2)c2c1CCCC2C(=O)NS(=O)(=O)c1cccc2ccccc12. The summed E-state index contributed by atoms with van der Waals surface area (Å²) in [5, 5.41) is 1.43. The second-order valence-electron chi connectivity index (χ2n) is 8.77. The minimum absolute atomic E-state index is 0.129. The van der Waals surface area contributed by atoms with Crippen LogP contribution >= 0.6 is 0 Å². The van der Waals surface area contributed by atoms with Crippen LogP contribution in [0.1, 0.15) is 60.6 Å². The van der Waals surface area contributed by atoms with Gasteiger partial charge in [0.15, 0.2) is 0 Å². The number of rotatable bonds is 5. The van der Waals surface area contributed by atoms with Gasteiger partial charge in [-0.05, 0) is 72.2 Å². The molecule has 1 amide bonds. The largest absolute Gasteiger partial charge is 0.496 e. The van der Waals surface area contributed by atoms with Gasteiger partial charge in [0.05, 0.1) is 17.9 Å². The van der Waals surface area contributed by atoms with Gasteiger partial charge in [-0.15, -0.1) is 0 Å². The van der Waals surface area contributed by atoms with Crippen LogP contribution in [0.15, 0.2) is 59.5 Å². The third-order valence-electron chi connectivity index (χ3n) is 6.97. The summed E-state index contributed by atoms with van der Waals surface area (Å²) in [6.07, 6.45) is 5.72. The topological polar surface area (TPSA) is 72.5 Å². The van der Waals surface area contributed by atoms with Crippen LogP contribution < -0.4 is 9.46 Å². The average molecular weight is 450 g/mol. The molecule has 1 fully saturated rings. The highest BCUT2D eigenvalue weighted by molar-refractivity contribution is 7.90. The summed E-state index contributed by atoms with van der Waals surface area (Å²) >= 11 is 0. The minimum Gasteiger partial charge on any atom is -0.496 e. The van der Waals surface area contributed by atoms with Crippen LogP contribution in [0.2, 0.25) is 0 Å². The van der Waals surface area contributed by atoms with Crippen LogP contribution in [0.25, 0.3) is 10.8 Å². The van der Waals surface area contributed by atoms with Crippen molar-refractivity contribution < 1.29 is 17.9 Å². The van der Waals surface area contributed by atoms with Crippen molar-refractivity contribution in [3.05, 3.63) is 71.3 Å². The van der Waals surface area contributed by atoms with Crippen LogP contribution in [0.3, 0.4) is 0 Å². The van der Waals surface area contributed by atoms with Gasteiger partial charge in [0.25, 0.3) is 10.0 Å². The number of methoxy groups -OCH3 is 1. The molecule has 32 heavy (non-hydrogen) atoms. The molecule has 0 spiro atoms. The predicted octanol–water partition coefficient (Wildman–Crippen LogP) is 5.04. The molecule has 6 heteroatoms. The standard InChI is InChI=1S/C26H27NO4S/c1-31-23-16-15-20(18-8-4-9-18)25-21(23)12-6-13-22(25)26(28)27-32(29,30)24-14-5-10-17-7-2-3-11-19(17)24/h2-3,5,7,10-11,14-16,18,22H,4,6,8-9,12-13H2,1H3,(H,27,28). The molecule has 0 bridgehead atoms. The molecule has 1 atom stereocenters. The third-order valence-corrected chi connectivity index (χ3v) is 8.38. The van der Waals surface area contributed by atoms with Gasteiger partial charge in [0, 0.05) is 5.39 Å². The lowest BCUT2D eigenvalue weighted by Crippen LogP contribution is -2.37. The van der Waals surface area contributed by atoms with E-state index in [-0.39, 0.29) is 4.90 Å². The number of nitrogens with one attached hydrogen (secondary N) is 1. The molecule has 0 aromatic heterocycles. The van der Waals surface area contributed by atoms with Crippen molar-refractivity contribution >= 4 is 26.7 Å². The summed E-state index contributed by atoms with van der Waals surface area (Å²) in [4.78, 5) is 13.6. The van der Waals surface area contributed by atoms with Crippen LogP contribution in [-0.4, -0.2) is 21.4 Å². The van der Waals surface area contributed by atoms with Crippen molar-refractivity contribution in [2.45, 2.75) is 55.3 Å². The maximum atomic E-state index is 13.4. The Morgan fingerprint density at radius 2 is 1.75 bits per heavy atom. The lowest BCUT2D eigenvalue weighted by molar-refractivity contribution is -0.121. The Morgan fingerprint density at radius 1 is 0.969 bits per heavy atom. The van der Waals surface area contributed by atoms with Crippen molar-refractivity contribution in [1.82, 2.24) is 4.72 Å². The molecule has 2 aliphatic rings. The fourth-order valence-corrected chi connectivity index (χ4v) is 6.43. The van der Waals surface area contributed by atoms with E-state index < -0.39 is 21.8 Å². The maximum Gasteiger partial charge on any atom is 0.264 e. The van der Waals surface area contributed by atoms with E-state index in [4.69, 9.17) is 4.74 Å². The fraction of sp³-hybridized carbons (Fsp3) is 0.346. The van der Waals surface area contributed by atoms with E-state index in [2.05, 4.69) is 10.8 Å². The van der Waals surface area contributed by atoms with Gasteiger partial charge in [-0.2, -0.15) is 0 Å². The summed E-state index contributed by atoms with van der Waals surface area (Å²) in [6, 6.07) is 16.5. The highest BCUT2D eigenvalue weighted by atomic mass is 32.2. The number of carbonyl (C=O) groups is 1. The highest BCUT2D eigenvalue weighted by Crippen LogP contribution is 2.46. The van der Waals surface area contributed by atoms with Crippen LogP contribution in [0.5, 0.6) is 5.75 Å². The third kappa shape index (κ3) is 3.56. The molecule has 0 aliphatic heterocycles. The summed E-state index contributed by atoms with van der Waals surface area (Å²) < 4.78 is 34.5. The monoisotopic (exact) mass is 449 g/mol. The molecule has 3 aromatic carbocycles. The van der Waals surface area contributed by atoms with Gasteiger partial charge in [-0.3, -0.25) is 4.79 Å². The van der Waals surface area contributed by atoms with E-state index in [9.17, 15) is 13.2 Å². The van der Waals surface area contributed by atoms with E-state index in [1.165, 1.54) is 12.0 Å². The second kappa shape index (κ2) is 8.24. The molecule has 0 radical (unpaired) electrons. The number of carbonyl (C=O) groups excluding carboxylic acids is 1. The molecule has 1 N–H and O–H groups in total. The molecule has 2 aliphatic carbocycles. The maximum absolute atomic E-state index is 13.4.